The van der Waals surface area contributed by atoms with Gasteiger partial charge < -0.3 is 0 Å². The van der Waals surface area contributed by atoms with Crippen molar-refractivity contribution in [2.24, 2.45) is 11.3 Å². The summed E-state index contributed by atoms with van der Waals surface area (Å²) in [6.45, 7) is 15.8. The summed E-state index contributed by atoms with van der Waals surface area (Å²) in [6.07, 6.45) is 5.87. The van der Waals surface area contributed by atoms with E-state index in [-0.39, 0.29) is 0 Å². The fraction of sp³-hybridized carbons (Fsp3) is 1.00. The molecule has 0 aliphatic carbocycles. The SMILES string of the molecule is CB1C2(C)CCC1(C)CC(C(C)(C)C)C2. The van der Waals surface area contributed by atoms with E-state index in [2.05, 4.69) is 41.4 Å². The first kappa shape index (κ1) is 11.5. The third kappa shape index (κ3) is 1.67. The first-order valence-electron chi connectivity index (χ1n) is 6.67. The Morgan fingerprint density at radius 3 is 1.73 bits per heavy atom. The van der Waals surface area contributed by atoms with Crippen LogP contribution in [0.5, 0.6) is 0 Å². The largest absolute Gasteiger partial charge is 0.149 e. The van der Waals surface area contributed by atoms with Crippen LogP contribution >= 0.6 is 0 Å². The van der Waals surface area contributed by atoms with Gasteiger partial charge in [-0.25, -0.2) is 0 Å². The quantitative estimate of drug-likeness (QED) is 0.495. The highest BCUT2D eigenvalue weighted by molar-refractivity contribution is 6.65. The first-order valence-corrected chi connectivity index (χ1v) is 6.67. The lowest BCUT2D eigenvalue weighted by molar-refractivity contribution is 0.173. The van der Waals surface area contributed by atoms with Crippen LogP contribution in [0.4, 0.5) is 0 Å². The molecule has 2 aliphatic heterocycles. The maximum Gasteiger partial charge on any atom is 0.149 e. The molecule has 0 N–H and O–H groups in total. The average molecular weight is 206 g/mol. The Balaban J connectivity index is 2.27. The molecule has 2 atom stereocenters. The van der Waals surface area contributed by atoms with E-state index in [4.69, 9.17) is 0 Å². The maximum atomic E-state index is 2.54. The Bertz CT molecular complexity index is 245. The smallest absolute Gasteiger partial charge is 0.0852 e. The highest BCUT2D eigenvalue weighted by atomic mass is 14.5. The van der Waals surface area contributed by atoms with Gasteiger partial charge in [0.15, 0.2) is 0 Å². The molecule has 86 valence electrons. The van der Waals surface area contributed by atoms with E-state index in [1.165, 1.54) is 25.7 Å². The van der Waals surface area contributed by atoms with E-state index in [9.17, 15) is 0 Å². The number of hydrogen-bond acceptors (Lipinski definition) is 0. The fourth-order valence-electron chi connectivity index (χ4n) is 4.21. The fourth-order valence-corrected chi connectivity index (χ4v) is 4.21. The molecule has 15 heavy (non-hydrogen) atoms. The van der Waals surface area contributed by atoms with Crippen LogP contribution in [0.1, 0.15) is 60.3 Å². The monoisotopic (exact) mass is 206 g/mol. The molecule has 0 saturated carbocycles. The lowest BCUT2D eigenvalue weighted by atomic mass is 9.23. The predicted molar refractivity (Wildman–Crippen MR) is 69.8 cm³/mol. The molecule has 2 rings (SSSR count). The van der Waals surface area contributed by atoms with Crippen LogP contribution in [0.15, 0.2) is 0 Å². The van der Waals surface area contributed by atoms with E-state index in [1.807, 2.05) is 0 Å². The molecule has 0 aromatic rings. The highest BCUT2D eigenvalue weighted by Gasteiger charge is 2.57. The van der Waals surface area contributed by atoms with E-state index >= 15 is 0 Å². The van der Waals surface area contributed by atoms with Gasteiger partial charge in [0.2, 0.25) is 0 Å². The van der Waals surface area contributed by atoms with Gasteiger partial charge in [-0.1, -0.05) is 77.8 Å². The average Bonchev–Trinajstić information content (AvgIpc) is 2.27. The van der Waals surface area contributed by atoms with Crippen LogP contribution in [-0.4, -0.2) is 6.71 Å². The molecule has 0 spiro atoms. The lowest BCUT2D eigenvalue weighted by Gasteiger charge is -2.49. The third-order valence-electron chi connectivity index (χ3n) is 6.01. The molecule has 2 heterocycles. The maximum absolute atomic E-state index is 2.54. The van der Waals surface area contributed by atoms with Crippen molar-refractivity contribution in [3.63, 3.8) is 0 Å². The van der Waals surface area contributed by atoms with Gasteiger partial charge in [0.1, 0.15) is 6.71 Å². The van der Waals surface area contributed by atoms with Crippen molar-refractivity contribution in [3.8, 4) is 0 Å². The van der Waals surface area contributed by atoms with Crippen molar-refractivity contribution in [1.29, 1.82) is 0 Å². The van der Waals surface area contributed by atoms with Gasteiger partial charge in [0.25, 0.3) is 0 Å². The second-order valence-corrected chi connectivity index (χ2v) is 8.00. The van der Waals surface area contributed by atoms with Crippen molar-refractivity contribution in [3.05, 3.63) is 0 Å². The molecular formula is C14H27B. The first-order chi connectivity index (χ1) is 6.67. The summed E-state index contributed by atoms with van der Waals surface area (Å²) in [7, 11) is 0. The summed E-state index contributed by atoms with van der Waals surface area (Å²) in [4.78, 5) is 0. The number of rotatable bonds is 0. The summed E-state index contributed by atoms with van der Waals surface area (Å²) in [6, 6.07) is 0. The zero-order valence-corrected chi connectivity index (χ0v) is 11.5. The van der Waals surface area contributed by atoms with Crippen LogP contribution in [-0.2, 0) is 0 Å². The second-order valence-electron chi connectivity index (χ2n) is 8.00. The Kier molecular flexibility index (Phi) is 2.35. The van der Waals surface area contributed by atoms with E-state index in [1.54, 1.807) is 0 Å². The molecule has 2 saturated heterocycles. The minimum atomic E-state index is 0.507. The van der Waals surface area contributed by atoms with Gasteiger partial charge in [-0.2, -0.15) is 0 Å². The van der Waals surface area contributed by atoms with Crippen LogP contribution in [0.25, 0.3) is 0 Å². The van der Waals surface area contributed by atoms with Crippen LogP contribution in [0, 0.1) is 11.3 Å². The molecule has 0 radical (unpaired) electrons. The molecule has 0 aromatic heterocycles. The van der Waals surface area contributed by atoms with Crippen molar-refractivity contribution in [1.82, 2.24) is 0 Å². The highest BCUT2D eigenvalue weighted by Crippen LogP contribution is 2.68. The van der Waals surface area contributed by atoms with Crippen molar-refractivity contribution < 1.29 is 0 Å². The van der Waals surface area contributed by atoms with Gasteiger partial charge >= 0.3 is 0 Å². The third-order valence-corrected chi connectivity index (χ3v) is 6.01. The van der Waals surface area contributed by atoms with Crippen molar-refractivity contribution in [2.75, 3.05) is 0 Å². The molecule has 2 aliphatic rings. The van der Waals surface area contributed by atoms with Crippen LogP contribution < -0.4 is 0 Å². The Morgan fingerprint density at radius 1 is 1.00 bits per heavy atom. The van der Waals surface area contributed by atoms with Crippen molar-refractivity contribution >= 4 is 6.71 Å². The summed E-state index contributed by atoms with van der Waals surface area (Å²) >= 11 is 0. The summed E-state index contributed by atoms with van der Waals surface area (Å²) < 4.78 is 0. The molecule has 2 unspecified atom stereocenters. The number of fused-ring (bicyclic) bond motifs is 2. The predicted octanol–water partition coefficient (Wildman–Crippen LogP) is 4.88. The molecule has 0 amide bonds. The van der Waals surface area contributed by atoms with Gasteiger partial charge in [-0.15, -0.1) is 0 Å². The Morgan fingerprint density at radius 2 is 1.40 bits per heavy atom. The Labute approximate surface area is 96.3 Å². The topological polar surface area (TPSA) is 0 Å². The summed E-state index contributed by atoms with van der Waals surface area (Å²) in [5.41, 5.74) is 0.507. The standard InChI is InChI=1S/C14H27B/c1-12(2,3)11-9-13(4)7-8-14(5,10-11)15(13)6/h11H,7-10H2,1-6H3. The minimum absolute atomic E-state index is 0.507. The Hall–Kier alpha value is 0.0649. The molecule has 2 fully saturated rings. The molecule has 0 nitrogen and oxygen atoms in total. The van der Waals surface area contributed by atoms with Crippen LogP contribution in [0.2, 0.25) is 17.5 Å². The zero-order chi connectivity index (χ0) is 11.5. The minimum Gasteiger partial charge on any atom is -0.0852 e. The van der Waals surface area contributed by atoms with Gasteiger partial charge in [-0.3, -0.25) is 0 Å². The number of hydrogen-bond donors (Lipinski definition) is 0. The molecule has 0 aromatic carbocycles. The zero-order valence-electron chi connectivity index (χ0n) is 11.5. The normalized spacial score (nSPS) is 46.0. The van der Waals surface area contributed by atoms with E-state index < -0.39 is 0 Å². The second kappa shape index (κ2) is 3.05. The summed E-state index contributed by atoms with van der Waals surface area (Å²) in [5, 5.41) is 1.29. The van der Waals surface area contributed by atoms with Crippen molar-refractivity contribution in [2.45, 2.75) is 77.8 Å². The van der Waals surface area contributed by atoms with E-state index in [0.717, 1.165) is 12.6 Å². The van der Waals surface area contributed by atoms with Gasteiger partial charge in [0.05, 0.1) is 0 Å². The van der Waals surface area contributed by atoms with E-state index in [0.29, 0.717) is 16.0 Å². The molecule has 1 heteroatoms. The van der Waals surface area contributed by atoms with Gasteiger partial charge in [-0.05, 0) is 11.3 Å². The van der Waals surface area contributed by atoms with Crippen LogP contribution in [0.3, 0.4) is 0 Å². The lowest BCUT2D eigenvalue weighted by Crippen LogP contribution is -2.42. The molecular weight excluding hydrogens is 179 g/mol. The van der Waals surface area contributed by atoms with Gasteiger partial charge in [0, 0.05) is 0 Å². The molecule has 2 bridgehead atoms. The summed E-state index contributed by atoms with van der Waals surface area (Å²) in [5.74, 6) is 0.936.